The highest BCUT2D eigenvalue weighted by Crippen LogP contribution is 2.28. The van der Waals surface area contributed by atoms with E-state index in [2.05, 4.69) is 10.3 Å². The van der Waals surface area contributed by atoms with Gasteiger partial charge in [-0.15, -0.1) is 0 Å². The van der Waals surface area contributed by atoms with Crippen LogP contribution in [0.3, 0.4) is 0 Å². The van der Waals surface area contributed by atoms with Crippen LogP contribution in [0, 0.1) is 0 Å². The van der Waals surface area contributed by atoms with Crippen molar-refractivity contribution in [1.82, 2.24) is 0 Å². The molecule has 0 radical (unpaired) electrons. The second kappa shape index (κ2) is 7.46. The van der Waals surface area contributed by atoms with Gasteiger partial charge in [0.15, 0.2) is 10.3 Å². The number of amidine groups is 1. The molecule has 0 unspecified atom stereocenters. The van der Waals surface area contributed by atoms with E-state index in [-0.39, 0.29) is 5.91 Å². The van der Waals surface area contributed by atoms with Crippen LogP contribution in [0.1, 0.15) is 0 Å². The topological polar surface area (TPSA) is 53.9 Å². The molecule has 2 aromatic carbocycles. The Kier molecular flexibility index (Phi) is 5.12. The number of para-hydroxylation sites is 1. The Morgan fingerprint density at radius 2 is 1.92 bits per heavy atom. The van der Waals surface area contributed by atoms with Gasteiger partial charge >= 0.3 is 0 Å². The molecule has 3 rings (SSSR count). The average Bonchev–Trinajstić information content (AvgIpc) is 2.96. The molecule has 1 fully saturated rings. The molecule has 1 N–H and O–H groups in total. The highest BCUT2D eigenvalue weighted by molar-refractivity contribution is 8.15. The number of ether oxygens (including phenoxy) is 1. The van der Waals surface area contributed by atoms with Gasteiger partial charge in [-0.2, -0.15) is 4.99 Å². The first-order chi connectivity index (χ1) is 11.7. The lowest BCUT2D eigenvalue weighted by Crippen LogP contribution is -2.30. The van der Waals surface area contributed by atoms with Gasteiger partial charge in [-0.3, -0.25) is 9.69 Å². The summed E-state index contributed by atoms with van der Waals surface area (Å²) in [6.45, 7) is 0. The molecule has 0 aliphatic carbocycles. The number of hydrogen-bond acceptors (Lipinski definition) is 4. The zero-order chi connectivity index (χ0) is 16.9. The number of aliphatic imine (C=N–C) groups is 1. The Bertz CT molecular complexity index is 776. The molecule has 0 bridgehead atoms. The van der Waals surface area contributed by atoms with Crippen LogP contribution < -0.4 is 15.0 Å². The Balaban J connectivity index is 1.80. The van der Waals surface area contributed by atoms with E-state index in [1.807, 2.05) is 54.6 Å². The minimum atomic E-state index is -0.0218. The molecule has 7 heteroatoms. The molecular formula is C17H15N3O2S2. The maximum Gasteiger partial charge on any atom is 0.243 e. The number of rotatable bonds is 3. The summed E-state index contributed by atoms with van der Waals surface area (Å²) >= 11 is 6.65. The summed E-state index contributed by atoms with van der Waals surface area (Å²) in [7, 11) is 1.60. The Morgan fingerprint density at radius 1 is 1.21 bits per heavy atom. The summed E-state index contributed by atoms with van der Waals surface area (Å²) in [5.41, 5.74) is 1.60. The van der Waals surface area contributed by atoms with Gasteiger partial charge in [0, 0.05) is 5.69 Å². The maximum atomic E-state index is 12.2. The van der Waals surface area contributed by atoms with Crippen molar-refractivity contribution in [2.45, 2.75) is 0 Å². The summed E-state index contributed by atoms with van der Waals surface area (Å²) < 4.78 is 5.15. The normalized spacial score (nSPS) is 15.6. The van der Waals surface area contributed by atoms with Crippen LogP contribution in [0.2, 0.25) is 0 Å². The molecule has 0 spiro atoms. The number of carbonyl (C=O) groups excluding carboxylic acids is 1. The number of thioether (sulfide) groups is 1. The zero-order valence-corrected chi connectivity index (χ0v) is 14.6. The van der Waals surface area contributed by atoms with Crippen molar-refractivity contribution in [3.05, 3.63) is 54.6 Å². The smallest absolute Gasteiger partial charge is 0.243 e. The van der Waals surface area contributed by atoms with E-state index in [4.69, 9.17) is 17.0 Å². The summed E-state index contributed by atoms with van der Waals surface area (Å²) in [6, 6.07) is 16.8. The summed E-state index contributed by atoms with van der Waals surface area (Å²) in [5.74, 6) is 1.06. The van der Waals surface area contributed by atoms with Crippen LogP contribution in [0.25, 0.3) is 0 Å². The van der Waals surface area contributed by atoms with Crippen molar-refractivity contribution in [3.8, 4) is 5.75 Å². The molecule has 1 aliphatic rings. The average molecular weight is 357 g/mol. The molecule has 0 saturated carbocycles. The van der Waals surface area contributed by atoms with Crippen LogP contribution in [0.15, 0.2) is 59.6 Å². The number of nitrogens with one attached hydrogen (secondary N) is 1. The molecule has 0 aromatic heterocycles. The first-order valence-electron chi connectivity index (χ1n) is 7.22. The lowest BCUT2D eigenvalue weighted by molar-refractivity contribution is -0.115. The lowest BCUT2D eigenvalue weighted by atomic mass is 10.3. The SMILES string of the molecule is COc1ccc(N2C(=O)CSC2=NC(=S)Nc2ccccc2)cc1. The standard InChI is InChI=1S/C17H15N3O2S2/c1-22-14-9-7-13(8-10-14)20-15(21)11-24-17(20)19-16(23)18-12-5-3-2-4-6-12/h2-10H,11H2,1H3,(H,18,23). The maximum absolute atomic E-state index is 12.2. The van der Waals surface area contributed by atoms with E-state index in [9.17, 15) is 4.79 Å². The number of benzene rings is 2. The molecule has 1 amide bonds. The fourth-order valence-corrected chi connectivity index (χ4v) is 3.33. The molecule has 0 atom stereocenters. The third-order valence-corrected chi connectivity index (χ3v) is 4.43. The van der Waals surface area contributed by atoms with Crippen molar-refractivity contribution in [2.75, 3.05) is 23.1 Å². The number of nitrogens with zero attached hydrogens (tertiary/aromatic N) is 2. The molecule has 1 heterocycles. The predicted octanol–water partition coefficient (Wildman–Crippen LogP) is 3.53. The monoisotopic (exact) mass is 357 g/mol. The van der Waals surface area contributed by atoms with Crippen LogP contribution in [-0.4, -0.2) is 29.0 Å². The van der Waals surface area contributed by atoms with Gasteiger partial charge in [-0.1, -0.05) is 30.0 Å². The van der Waals surface area contributed by atoms with Crippen molar-refractivity contribution in [2.24, 2.45) is 4.99 Å². The first kappa shape index (κ1) is 16.5. The van der Waals surface area contributed by atoms with Crippen LogP contribution in [-0.2, 0) is 4.79 Å². The van der Waals surface area contributed by atoms with Gasteiger partial charge in [-0.05, 0) is 48.6 Å². The molecule has 122 valence electrons. The zero-order valence-electron chi connectivity index (χ0n) is 12.9. The molecular weight excluding hydrogens is 342 g/mol. The van der Waals surface area contributed by atoms with Crippen LogP contribution in [0.5, 0.6) is 5.75 Å². The van der Waals surface area contributed by atoms with Gasteiger partial charge in [0.2, 0.25) is 5.91 Å². The van der Waals surface area contributed by atoms with Crippen molar-refractivity contribution in [1.29, 1.82) is 0 Å². The number of methoxy groups -OCH3 is 1. The summed E-state index contributed by atoms with van der Waals surface area (Å²) in [5, 5.41) is 3.93. The van der Waals surface area contributed by atoms with E-state index in [0.29, 0.717) is 16.0 Å². The minimum absolute atomic E-state index is 0.0218. The molecule has 1 saturated heterocycles. The molecule has 24 heavy (non-hydrogen) atoms. The van der Waals surface area contributed by atoms with Gasteiger partial charge in [0.25, 0.3) is 0 Å². The second-order valence-electron chi connectivity index (χ2n) is 4.91. The highest BCUT2D eigenvalue weighted by Gasteiger charge is 2.30. The number of carbonyl (C=O) groups is 1. The van der Waals surface area contributed by atoms with Gasteiger partial charge < -0.3 is 10.1 Å². The number of thiocarbonyl (C=S) groups is 1. The van der Waals surface area contributed by atoms with Gasteiger partial charge in [-0.25, -0.2) is 0 Å². The predicted molar refractivity (Wildman–Crippen MR) is 103 cm³/mol. The largest absolute Gasteiger partial charge is 0.497 e. The quantitative estimate of drug-likeness (QED) is 0.852. The summed E-state index contributed by atoms with van der Waals surface area (Å²) in [4.78, 5) is 18.2. The number of anilines is 2. The molecule has 2 aromatic rings. The fourth-order valence-electron chi connectivity index (χ4n) is 2.19. The van der Waals surface area contributed by atoms with E-state index >= 15 is 0 Å². The van der Waals surface area contributed by atoms with Gasteiger partial charge in [0.1, 0.15) is 5.75 Å². The van der Waals surface area contributed by atoms with Crippen molar-refractivity contribution >= 4 is 51.5 Å². The van der Waals surface area contributed by atoms with Crippen LogP contribution in [0.4, 0.5) is 11.4 Å². The van der Waals surface area contributed by atoms with E-state index < -0.39 is 0 Å². The Labute approximate surface area is 149 Å². The first-order valence-corrected chi connectivity index (χ1v) is 8.61. The van der Waals surface area contributed by atoms with Crippen molar-refractivity contribution < 1.29 is 9.53 Å². The van der Waals surface area contributed by atoms with E-state index in [1.165, 1.54) is 11.8 Å². The third-order valence-electron chi connectivity index (χ3n) is 3.32. The minimum Gasteiger partial charge on any atom is -0.497 e. The summed E-state index contributed by atoms with van der Waals surface area (Å²) in [6.07, 6.45) is 0. The lowest BCUT2D eigenvalue weighted by Gasteiger charge is -2.16. The van der Waals surface area contributed by atoms with E-state index in [1.54, 1.807) is 12.0 Å². The third kappa shape index (κ3) is 3.74. The second-order valence-corrected chi connectivity index (χ2v) is 6.24. The van der Waals surface area contributed by atoms with Crippen LogP contribution >= 0.6 is 24.0 Å². The fraction of sp³-hybridized carbons (Fsp3) is 0.118. The number of amides is 1. The molecule has 5 nitrogen and oxygen atoms in total. The highest BCUT2D eigenvalue weighted by atomic mass is 32.2. The van der Waals surface area contributed by atoms with Gasteiger partial charge in [0.05, 0.1) is 18.6 Å². The Hall–Kier alpha value is -2.38. The van der Waals surface area contributed by atoms with Crippen molar-refractivity contribution in [3.63, 3.8) is 0 Å². The number of hydrogen-bond donors (Lipinski definition) is 1. The van der Waals surface area contributed by atoms with E-state index in [0.717, 1.165) is 17.1 Å². The Morgan fingerprint density at radius 3 is 2.58 bits per heavy atom. The molecule has 1 aliphatic heterocycles.